The molecule has 0 bridgehead atoms. The molecular weight excluding hydrogens is 309 g/mol. The average Bonchev–Trinajstić information content (AvgIpc) is 2.44. The summed E-state index contributed by atoms with van der Waals surface area (Å²) in [6, 6.07) is 11.1. The second-order valence-electron chi connectivity index (χ2n) is 4.87. The third-order valence-corrected chi connectivity index (χ3v) is 3.63. The Balaban J connectivity index is 2.01. The molecule has 5 heteroatoms. The topological polar surface area (TPSA) is 29.1 Å². The van der Waals surface area contributed by atoms with Crippen LogP contribution in [0.25, 0.3) is 0 Å². The molecule has 1 amide bonds. The number of carbonyl (C=O) groups is 1. The third kappa shape index (κ3) is 4.48. The van der Waals surface area contributed by atoms with Crippen LogP contribution >= 0.6 is 24.2 Å². The van der Waals surface area contributed by atoms with Crippen LogP contribution in [0.2, 0.25) is 5.02 Å². The lowest BCUT2D eigenvalue weighted by atomic mass is 10.1. The van der Waals surface area contributed by atoms with E-state index in [-0.39, 0.29) is 17.8 Å². The number of hydrogen-bond acceptors (Lipinski definition) is 2. The third-order valence-electron chi connectivity index (χ3n) is 3.03. The fourth-order valence-corrected chi connectivity index (χ4v) is 2.42. The number of hydrogen-bond donors (Lipinski definition) is 2. The minimum atomic E-state index is -0.271. The molecule has 0 radical (unpaired) electrons. The summed E-state index contributed by atoms with van der Waals surface area (Å²) >= 11 is 10.2. The molecule has 1 N–H and O–H groups in total. The highest BCUT2D eigenvalue weighted by atomic mass is 35.5. The van der Waals surface area contributed by atoms with Gasteiger partial charge in [-0.1, -0.05) is 23.7 Å². The maximum absolute atomic E-state index is 12.8. The Labute approximate surface area is 133 Å². The molecule has 2 aromatic carbocycles. The van der Waals surface area contributed by atoms with Crippen molar-refractivity contribution in [3.8, 4) is 0 Å². The molecule has 2 rings (SSSR count). The molecule has 0 saturated heterocycles. The van der Waals surface area contributed by atoms with Crippen LogP contribution in [0.15, 0.2) is 47.4 Å². The highest BCUT2D eigenvalue weighted by Gasteiger charge is 2.13. The van der Waals surface area contributed by atoms with Crippen LogP contribution in [-0.4, -0.2) is 11.9 Å². The number of thiol groups is 1. The lowest BCUT2D eigenvalue weighted by Gasteiger charge is -2.15. The van der Waals surface area contributed by atoms with Gasteiger partial charge < -0.3 is 5.32 Å². The number of amides is 1. The van der Waals surface area contributed by atoms with Crippen LogP contribution in [0, 0.1) is 5.82 Å². The first-order chi connectivity index (χ1) is 9.95. The van der Waals surface area contributed by atoms with Gasteiger partial charge in [0.2, 0.25) is 0 Å². The average molecular weight is 324 g/mol. The monoisotopic (exact) mass is 323 g/mol. The Morgan fingerprint density at radius 3 is 2.62 bits per heavy atom. The molecule has 2 nitrogen and oxygen atoms in total. The Bertz CT molecular complexity index is 645. The zero-order valence-corrected chi connectivity index (χ0v) is 13.1. The van der Waals surface area contributed by atoms with Crippen molar-refractivity contribution in [2.75, 3.05) is 0 Å². The first kappa shape index (κ1) is 15.9. The maximum atomic E-state index is 12.8. The van der Waals surface area contributed by atoms with Gasteiger partial charge in [-0.05, 0) is 49.2 Å². The number of benzene rings is 2. The zero-order valence-electron chi connectivity index (χ0n) is 11.4. The smallest absolute Gasteiger partial charge is 0.253 e. The van der Waals surface area contributed by atoms with Crippen LogP contribution in [0.5, 0.6) is 0 Å². The molecule has 0 aliphatic heterocycles. The molecule has 0 heterocycles. The molecule has 2 aromatic rings. The van der Waals surface area contributed by atoms with Crippen molar-refractivity contribution in [3.63, 3.8) is 0 Å². The molecule has 1 atom stereocenters. The van der Waals surface area contributed by atoms with Crippen molar-refractivity contribution in [3.05, 3.63) is 64.4 Å². The second kappa shape index (κ2) is 6.96. The lowest BCUT2D eigenvalue weighted by Crippen LogP contribution is -2.34. The number of halogens is 2. The Kier molecular flexibility index (Phi) is 5.26. The van der Waals surface area contributed by atoms with Crippen LogP contribution in [-0.2, 0) is 6.42 Å². The minimum Gasteiger partial charge on any atom is -0.349 e. The van der Waals surface area contributed by atoms with Crippen LogP contribution in [0.4, 0.5) is 4.39 Å². The van der Waals surface area contributed by atoms with Crippen molar-refractivity contribution in [2.24, 2.45) is 0 Å². The Morgan fingerprint density at radius 2 is 1.95 bits per heavy atom. The highest BCUT2D eigenvalue weighted by molar-refractivity contribution is 7.80. The number of carbonyl (C=O) groups excluding carboxylic acids is 1. The van der Waals surface area contributed by atoms with Crippen molar-refractivity contribution in [1.82, 2.24) is 5.32 Å². The van der Waals surface area contributed by atoms with Crippen molar-refractivity contribution >= 4 is 30.1 Å². The van der Waals surface area contributed by atoms with E-state index in [2.05, 4.69) is 17.9 Å². The van der Waals surface area contributed by atoms with Gasteiger partial charge in [0.25, 0.3) is 5.91 Å². The van der Waals surface area contributed by atoms with E-state index in [1.54, 1.807) is 30.3 Å². The quantitative estimate of drug-likeness (QED) is 0.814. The van der Waals surface area contributed by atoms with E-state index in [9.17, 15) is 9.18 Å². The van der Waals surface area contributed by atoms with Crippen LogP contribution < -0.4 is 5.32 Å². The summed E-state index contributed by atoms with van der Waals surface area (Å²) in [4.78, 5) is 12.9. The number of rotatable bonds is 4. The van der Waals surface area contributed by atoms with Gasteiger partial charge in [-0.25, -0.2) is 4.39 Å². The van der Waals surface area contributed by atoms with E-state index >= 15 is 0 Å². The van der Waals surface area contributed by atoms with Gasteiger partial charge in [-0.15, -0.1) is 12.6 Å². The molecule has 0 saturated carbocycles. The summed E-state index contributed by atoms with van der Waals surface area (Å²) in [5, 5.41) is 3.26. The van der Waals surface area contributed by atoms with E-state index in [1.807, 2.05) is 6.92 Å². The largest absolute Gasteiger partial charge is 0.349 e. The van der Waals surface area contributed by atoms with Gasteiger partial charge in [0, 0.05) is 10.9 Å². The van der Waals surface area contributed by atoms with E-state index in [1.165, 1.54) is 12.1 Å². The predicted octanol–water partition coefficient (Wildman–Crippen LogP) is 4.13. The minimum absolute atomic E-state index is 0.0948. The SMILES string of the molecule is CC(Cc1ccc(F)cc1)NC(=O)c1cc(S)ccc1Cl. The normalized spacial score (nSPS) is 12.0. The van der Waals surface area contributed by atoms with E-state index in [0.717, 1.165) is 5.56 Å². The van der Waals surface area contributed by atoms with Gasteiger partial charge in [0.05, 0.1) is 10.6 Å². The van der Waals surface area contributed by atoms with E-state index < -0.39 is 0 Å². The summed E-state index contributed by atoms with van der Waals surface area (Å²) in [5.41, 5.74) is 1.35. The summed E-state index contributed by atoms with van der Waals surface area (Å²) in [5.74, 6) is -0.515. The van der Waals surface area contributed by atoms with Gasteiger partial charge in [-0.2, -0.15) is 0 Å². The predicted molar refractivity (Wildman–Crippen MR) is 85.7 cm³/mol. The highest BCUT2D eigenvalue weighted by Crippen LogP contribution is 2.19. The first-order valence-electron chi connectivity index (χ1n) is 6.49. The van der Waals surface area contributed by atoms with E-state index in [4.69, 9.17) is 11.6 Å². The summed E-state index contributed by atoms with van der Waals surface area (Å²) in [6.07, 6.45) is 0.615. The summed E-state index contributed by atoms with van der Waals surface area (Å²) in [7, 11) is 0. The van der Waals surface area contributed by atoms with Gasteiger partial charge in [0.1, 0.15) is 5.82 Å². The molecule has 0 spiro atoms. The Morgan fingerprint density at radius 1 is 1.29 bits per heavy atom. The van der Waals surface area contributed by atoms with Crippen LogP contribution in [0.3, 0.4) is 0 Å². The Hall–Kier alpha value is -1.52. The fourth-order valence-electron chi connectivity index (χ4n) is 2.01. The zero-order chi connectivity index (χ0) is 15.4. The van der Waals surface area contributed by atoms with Gasteiger partial charge in [-0.3, -0.25) is 4.79 Å². The molecule has 0 aliphatic rings. The molecule has 0 aromatic heterocycles. The van der Waals surface area contributed by atoms with Crippen molar-refractivity contribution < 1.29 is 9.18 Å². The molecule has 0 fully saturated rings. The maximum Gasteiger partial charge on any atom is 0.253 e. The van der Waals surface area contributed by atoms with Crippen LogP contribution in [0.1, 0.15) is 22.8 Å². The van der Waals surface area contributed by atoms with Gasteiger partial charge in [0.15, 0.2) is 0 Å². The molecule has 0 aliphatic carbocycles. The lowest BCUT2D eigenvalue weighted by molar-refractivity contribution is 0.0940. The molecule has 1 unspecified atom stereocenters. The summed E-state index contributed by atoms with van der Waals surface area (Å²) in [6.45, 7) is 1.89. The van der Waals surface area contributed by atoms with Crippen molar-refractivity contribution in [2.45, 2.75) is 24.3 Å². The fraction of sp³-hybridized carbons (Fsp3) is 0.188. The molecule has 21 heavy (non-hydrogen) atoms. The van der Waals surface area contributed by atoms with Gasteiger partial charge >= 0.3 is 0 Å². The second-order valence-corrected chi connectivity index (χ2v) is 5.79. The standard InChI is InChI=1S/C16H15ClFNOS/c1-10(8-11-2-4-12(18)5-3-11)19-16(20)14-9-13(21)6-7-15(14)17/h2-7,9-10,21H,8H2,1H3,(H,19,20). The van der Waals surface area contributed by atoms with Crippen molar-refractivity contribution in [1.29, 1.82) is 0 Å². The molecule has 110 valence electrons. The first-order valence-corrected chi connectivity index (χ1v) is 7.32. The van der Waals surface area contributed by atoms with E-state index in [0.29, 0.717) is 21.9 Å². The molecular formula is C16H15ClFNOS. The number of nitrogens with one attached hydrogen (secondary N) is 1. The summed E-state index contributed by atoms with van der Waals surface area (Å²) < 4.78 is 12.8.